The first-order chi connectivity index (χ1) is 5.11. The highest BCUT2D eigenvalue weighted by molar-refractivity contribution is 5.08. The highest BCUT2D eigenvalue weighted by atomic mass is 19.1. The molecule has 0 spiro atoms. The molecule has 2 nitrogen and oxygen atoms in total. The van der Waals surface area contributed by atoms with Crippen LogP contribution in [0.5, 0.6) is 0 Å². The number of aromatic nitrogens is 2. The van der Waals surface area contributed by atoms with E-state index >= 15 is 0 Å². The van der Waals surface area contributed by atoms with Gasteiger partial charge in [0.2, 0.25) is 0 Å². The summed E-state index contributed by atoms with van der Waals surface area (Å²) in [5.41, 5.74) is 0.498. The first kappa shape index (κ1) is 8.11. The molecule has 3 heteroatoms. The molecule has 0 fully saturated rings. The molecule has 0 aromatic carbocycles. The highest BCUT2D eigenvalue weighted by Crippen LogP contribution is 2.14. The SMILES string of the molecule is Cc1ncc(F)c(C(C)C)n1. The molecule has 60 valence electrons. The number of aryl methyl sites for hydroxylation is 1. The molecule has 1 aromatic rings. The van der Waals surface area contributed by atoms with E-state index in [1.807, 2.05) is 13.8 Å². The summed E-state index contributed by atoms with van der Waals surface area (Å²) in [7, 11) is 0. The molecule has 0 aliphatic carbocycles. The maximum atomic E-state index is 12.9. The summed E-state index contributed by atoms with van der Waals surface area (Å²) in [6, 6.07) is 0. The van der Waals surface area contributed by atoms with Crippen molar-refractivity contribution in [3.63, 3.8) is 0 Å². The van der Waals surface area contributed by atoms with E-state index in [9.17, 15) is 4.39 Å². The molecule has 0 N–H and O–H groups in total. The van der Waals surface area contributed by atoms with Crippen LogP contribution in [0.25, 0.3) is 0 Å². The Kier molecular flexibility index (Phi) is 2.17. The molecule has 0 amide bonds. The van der Waals surface area contributed by atoms with Gasteiger partial charge in [0, 0.05) is 0 Å². The second-order valence-electron chi connectivity index (χ2n) is 2.81. The zero-order chi connectivity index (χ0) is 8.43. The Balaban J connectivity index is 3.13. The van der Waals surface area contributed by atoms with Crippen molar-refractivity contribution in [1.29, 1.82) is 0 Å². The third-order valence-corrected chi connectivity index (χ3v) is 1.44. The lowest BCUT2D eigenvalue weighted by Gasteiger charge is -2.04. The molecule has 0 saturated carbocycles. The summed E-state index contributed by atoms with van der Waals surface area (Å²) in [6.45, 7) is 5.57. The van der Waals surface area contributed by atoms with Crippen molar-refractivity contribution in [1.82, 2.24) is 9.97 Å². The van der Waals surface area contributed by atoms with Crippen molar-refractivity contribution in [2.45, 2.75) is 26.7 Å². The van der Waals surface area contributed by atoms with Crippen LogP contribution in [0.2, 0.25) is 0 Å². The lowest BCUT2D eigenvalue weighted by atomic mass is 10.1. The van der Waals surface area contributed by atoms with Gasteiger partial charge in [0.15, 0.2) is 5.82 Å². The molecular formula is C8H11FN2. The second-order valence-corrected chi connectivity index (χ2v) is 2.81. The van der Waals surface area contributed by atoms with Gasteiger partial charge in [-0.2, -0.15) is 0 Å². The van der Waals surface area contributed by atoms with Gasteiger partial charge < -0.3 is 0 Å². The number of hydrogen-bond donors (Lipinski definition) is 0. The average molecular weight is 154 g/mol. The Morgan fingerprint density at radius 1 is 1.45 bits per heavy atom. The molecule has 0 unspecified atom stereocenters. The van der Waals surface area contributed by atoms with Crippen molar-refractivity contribution >= 4 is 0 Å². The van der Waals surface area contributed by atoms with Crippen molar-refractivity contribution < 1.29 is 4.39 Å². The summed E-state index contributed by atoms with van der Waals surface area (Å²) >= 11 is 0. The molecule has 1 heterocycles. The Morgan fingerprint density at radius 2 is 2.09 bits per heavy atom. The fourth-order valence-corrected chi connectivity index (χ4v) is 0.878. The number of halogens is 1. The molecule has 0 aliphatic rings. The van der Waals surface area contributed by atoms with E-state index in [1.165, 1.54) is 6.20 Å². The van der Waals surface area contributed by atoms with Crippen molar-refractivity contribution in [2.24, 2.45) is 0 Å². The number of rotatable bonds is 1. The van der Waals surface area contributed by atoms with E-state index in [1.54, 1.807) is 6.92 Å². The second kappa shape index (κ2) is 2.95. The molecule has 1 aromatic heterocycles. The first-order valence-corrected chi connectivity index (χ1v) is 3.60. The summed E-state index contributed by atoms with van der Waals surface area (Å²) in [5, 5.41) is 0. The third kappa shape index (κ3) is 1.73. The summed E-state index contributed by atoms with van der Waals surface area (Å²) in [5.74, 6) is 0.428. The highest BCUT2D eigenvalue weighted by Gasteiger charge is 2.07. The molecule has 0 atom stereocenters. The molecule has 0 radical (unpaired) electrons. The molecule has 0 bridgehead atoms. The standard InChI is InChI=1S/C8H11FN2/c1-5(2)8-7(9)4-10-6(3)11-8/h4-5H,1-3H3. The molecule has 1 rings (SSSR count). The van der Waals surface area contributed by atoms with Gasteiger partial charge in [0.1, 0.15) is 5.82 Å². The summed E-state index contributed by atoms with van der Waals surface area (Å²) < 4.78 is 12.9. The zero-order valence-electron chi connectivity index (χ0n) is 6.93. The van der Waals surface area contributed by atoms with Crippen molar-refractivity contribution in [3.05, 3.63) is 23.5 Å². The largest absolute Gasteiger partial charge is 0.239 e. The number of nitrogens with zero attached hydrogens (tertiary/aromatic N) is 2. The van der Waals surface area contributed by atoms with Gasteiger partial charge >= 0.3 is 0 Å². The molecular weight excluding hydrogens is 143 g/mol. The van der Waals surface area contributed by atoms with Gasteiger partial charge in [0.05, 0.1) is 11.9 Å². The normalized spacial score (nSPS) is 10.6. The minimum atomic E-state index is -0.314. The zero-order valence-corrected chi connectivity index (χ0v) is 6.93. The fraction of sp³-hybridized carbons (Fsp3) is 0.500. The topological polar surface area (TPSA) is 25.8 Å². The van der Waals surface area contributed by atoms with E-state index < -0.39 is 0 Å². The van der Waals surface area contributed by atoms with Crippen LogP contribution in [0.3, 0.4) is 0 Å². The van der Waals surface area contributed by atoms with Gasteiger partial charge in [-0.05, 0) is 12.8 Å². The minimum Gasteiger partial charge on any atom is -0.239 e. The van der Waals surface area contributed by atoms with Gasteiger partial charge in [-0.15, -0.1) is 0 Å². The lowest BCUT2D eigenvalue weighted by molar-refractivity contribution is 0.573. The van der Waals surface area contributed by atoms with Crippen LogP contribution in [-0.2, 0) is 0 Å². The molecule has 11 heavy (non-hydrogen) atoms. The smallest absolute Gasteiger partial charge is 0.163 e. The molecule has 0 aliphatic heterocycles. The van der Waals surface area contributed by atoms with Gasteiger partial charge in [0.25, 0.3) is 0 Å². The van der Waals surface area contributed by atoms with E-state index in [-0.39, 0.29) is 11.7 Å². The maximum Gasteiger partial charge on any atom is 0.163 e. The quantitative estimate of drug-likeness (QED) is 0.618. The van der Waals surface area contributed by atoms with E-state index in [0.717, 1.165) is 0 Å². The van der Waals surface area contributed by atoms with Crippen LogP contribution in [0.4, 0.5) is 4.39 Å². The Labute approximate surface area is 65.5 Å². The Morgan fingerprint density at radius 3 is 2.55 bits per heavy atom. The summed E-state index contributed by atoms with van der Waals surface area (Å²) in [4.78, 5) is 7.72. The van der Waals surface area contributed by atoms with E-state index in [0.29, 0.717) is 11.5 Å². The molecule has 0 saturated heterocycles. The van der Waals surface area contributed by atoms with Crippen LogP contribution in [0.1, 0.15) is 31.3 Å². The number of hydrogen-bond acceptors (Lipinski definition) is 2. The van der Waals surface area contributed by atoms with E-state index in [2.05, 4.69) is 9.97 Å². The van der Waals surface area contributed by atoms with Crippen LogP contribution < -0.4 is 0 Å². The van der Waals surface area contributed by atoms with Crippen LogP contribution >= 0.6 is 0 Å². The predicted molar refractivity (Wildman–Crippen MR) is 40.8 cm³/mol. The minimum absolute atomic E-state index is 0.122. The van der Waals surface area contributed by atoms with Crippen LogP contribution in [0, 0.1) is 12.7 Å². The van der Waals surface area contributed by atoms with E-state index in [4.69, 9.17) is 0 Å². The monoisotopic (exact) mass is 154 g/mol. The third-order valence-electron chi connectivity index (χ3n) is 1.44. The first-order valence-electron chi connectivity index (χ1n) is 3.60. The predicted octanol–water partition coefficient (Wildman–Crippen LogP) is 2.05. The Bertz CT molecular complexity index is 258. The Hall–Kier alpha value is -0.990. The van der Waals surface area contributed by atoms with Crippen LogP contribution in [0.15, 0.2) is 6.20 Å². The van der Waals surface area contributed by atoms with Gasteiger partial charge in [-0.25, -0.2) is 14.4 Å². The maximum absolute atomic E-state index is 12.9. The van der Waals surface area contributed by atoms with Gasteiger partial charge in [-0.1, -0.05) is 13.8 Å². The summed E-state index contributed by atoms with van der Waals surface area (Å²) in [6.07, 6.45) is 1.22. The van der Waals surface area contributed by atoms with Gasteiger partial charge in [-0.3, -0.25) is 0 Å². The lowest BCUT2D eigenvalue weighted by Crippen LogP contribution is -2.00. The fourth-order valence-electron chi connectivity index (χ4n) is 0.878. The van der Waals surface area contributed by atoms with Crippen molar-refractivity contribution in [3.8, 4) is 0 Å². The average Bonchev–Trinajstić information content (AvgIpc) is 1.94. The van der Waals surface area contributed by atoms with Crippen LogP contribution in [-0.4, -0.2) is 9.97 Å². The van der Waals surface area contributed by atoms with Crippen molar-refractivity contribution in [2.75, 3.05) is 0 Å².